The summed E-state index contributed by atoms with van der Waals surface area (Å²) >= 11 is 0. The van der Waals surface area contributed by atoms with Gasteiger partial charge < -0.3 is 14.8 Å². The molecule has 0 spiro atoms. The third kappa shape index (κ3) is 3.67. The smallest absolute Gasteiger partial charge is 0.258 e. The maximum Gasteiger partial charge on any atom is 0.258 e. The van der Waals surface area contributed by atoms with E-state index in [1.807, 2.05) is 55.5 Å². The molecule has 0 atom stereocenters. The van der Waals surface area contributed by atoms with Crippen molar-refractivity contribution < 1.29 is 14.3 Å². The van der Waals surface area contributed by atoms with E-state index in [9.17, 15) is 4.79 Å². The van der Waals surface area contributed by atoms with Crippen molar-refractivity contribution in [3.63, 3.8) is 0 Å². The number of carbonyl (C=O) groups excluding carboxylic acids is 1. The van der Waals surface area contributed by atoms with Crippen LogP contribution in [-0.4, -0.2) is 30.3 Å². The van der Waals surface area contributed by atoms with Gasteiger partial charge in [-0.2, -0.15) is 0 Å². The quantitative estimate of drug-likeness (QED) is 0.518. The Hall–Kier alpha value is -3.93. The molecule has 1 aromatic heterocycles. The first-order valence-electron chi connectivity index (χ1n) is 9.46. The molecule has 150 valence electrons. The second kappa shape index (κ2) is 8.21. The lowest BCUT2D eigenvalue weighted by molar-refractivity contribution is 0.102. The number of nitrogens with zero attached hydrogens (tertiary/aromatic N) is 2. The van der Waals surface area contributed by atoms with Crippen molar-refractivity contribution in [2.75, 3.05) is 19.5 Å². The lowest BCUT2D eigenvalue weighted by Gasteiger charge is -2.15. The van der Waals surface area contributed by atoms with Crippen molar-refractivity contribution in [3.8, 4) is 22.8 Å². The highest BCUT2D eigenvalue weighted by Crippen LogP contribution is 2.32. The Kier molecular flexibility index (Phi) is 5.30. The van der Waals surface area contributed by atoms with E-state index < -0.39 is 0 Å². The van der Waals surface area contributed by atoms with E-state index in [-0.39, 0.29) is 5.91 Å². The summed E-state index contributed by atoms with van der Waals surface area (Å²) in [6, 6.07) is 20.6. The molecule has 0 aliphatic rings. The summed E-state index contributed by atoms with van der Waals surface area (Å²) in [5.41, 5.74) is 4.05. The molecular weight excluding hydrogens is 378 g/mol. The van der Waals surface area contributed by atoms with Gasteiger partial charge in [0.25, 0.3) is 5.91 Å². The van der Waals surface area contributed by atoms with E-state index in [0.29, 0.717) is 34.0 Å². The predicted molar refractivity (Wildman–Crippen MR) is 117 cm³/mol. The third-order valence-electron chi connectivity index (χ3n) is 4.85. The highest BCUT2D eigenvalue weighted by atomic mass is 16.5. The maximum atomic E-state index is 13.5. The molecule has 3 aromatic carbocycles. The highest BCUT2D eigenvalue weighted by molar-refractivity contribution is 6.16. The highest BCUT2D eigenvalue weighted by Gasteiger charge is 2.21. The fraction of sp³-hybridized carbons (Fsp3) is 0.125. The van der Waals surface area contributed by atoms with Crippen LogP contribution < -0.4 is 14.8 Å². The number of fused-ring (bicyclic) bond motifs is 1. The van der Waals surface area contributed by atoms with Crippen LogP contribution in [0.15, 0.2) is 66.7 Å². The summed E-state index contributed by atoms with van der Waals surface area (Å²) < 4.78 is 10.7. The van der Waals surface area contributed by atoms with Gasteiger partial charge in [-0.1, -0.05) is 42.0 Å². The van der Waals surface area contributed by atoms with Crippen LogP contribution in [0.1, 0.15) is 15.9 Å². The third-order valence-corrected chi connectivity index (χ3v) is 4.85. The fourth-order valence-electron chi connectivity index (χ4n) is 3.33. The van der Waals surface area contributed by atoms with Crippen molar-refractivity contribution in [1.29, 1.82) is 0 Å². The van der Waals surface area contributed by atoms with E-state index in [1.165, 1.54) is 0 Å². The minimum atomic E-state index is -0.289. The summed E-state index contributed by atoms with van der Waals surface area (Å²) in [4.78, 5) is 13.5. The molecule has 6 heteroatoms. The summed E-state index contributed by atoms with van der Waals surface area (Å²) in [6.45, 7) is 1.98. The van der Waals surface area contributed by atoms with Gasteiger partial charge in [0.1, 0.15) is 17.2 Å². The first-order chi connectivity index (χ1) is 14.6. The molecular formula is C24H21N3O3. The predicted octanol–water partition coefficient (Wildman–Crippen LogP) is 4.87. The van der Waals surface area contributed by atoms with Gasteiger partial charge in [-0.05, 0) is 31.2 Å². The van der Waals surface area contributed by atoms with Crippen LogP contribution in [-0.2, 0) is 0 Å². The second-order valence-corrected chi connectivity index (χ2v) is 6.83. The van der Waals surface area contributed by atoms with E-state index in [4.69, 9.17) is 9.47 Å². The average Bonchev–Trinajstić information content (AvgIpc) is 2.78. The number of rotatable bonds is 5. The van der Waals surface area contributed by atoms with E-state index in [2.05, 4.69) is 15.5 Å². The number of carbonyl (C=O) groups is 1. The largest absolute Gasteiger partial charge is 0.497 e. The molecule has 30 heavy (non-hydrogen) atoms. The number of methoxy groups -OCH3 is 2. The average molecular weight is 399 g/mol. The van der Waals surface area contributed by atoms with Crippen LogP contribution in [0.4, 0.5) is 5.69 Å². The summed E-state index contributed by atoms with van der Waals surface area (Å²) in [5.74, 6) is 0.857. The molecule has 1 amide bonds. The molecule has 0 saturated heterocycles. The van der Waals surface area contributed by atoms with Crippen LogP contribution in [0.3, 0.4) is 0 Å². The summed E-state index contributed by atoms with van der Waals surface area (Å²) in [6.07, 6.45) is 0. The van der Waals surface area contributed by atoms with Crippen LogP contribution in [0.5, 0.6) is 11.5 Å². The van der Waals surface area contributed by atoms with E-state index in [0.717, 1.165) is 16.5 Å². The number of ether oxygens (including phenoxy) is 2. The first kappa shape index (κ1) is 19.4. The number of aromatic nitrogens is 2. The second-order valence-electron chi connectivity index (χ2n) is 6.83. The van der Waals surface area contributed by atoms with Gasteiger partial charge in [0.05, 0.1) is 31.0 Å². The van der Waals surface area contributed by atoms with Gasteiger partial charge in [0.15, 0.2) is 0 Å². The first-order valence-corrected chi connectivity index (χ1v) is 9.46. The van der Waals surface area contributed by atoms with Gasteiger partial charge in [-0.25, -0.2) is 0 Å². The molecule has 0 saturated carbocycles. The molecule has 0 aliphatic carbocycles. The number of aryl methyl sites for hydroxylation is 1. The molecule has 0 fully saturated rings. The fourth-order valence-corrected chi connectivity index (χ4v) is 3.33. The molecule has 4 aromatic rings. The van der Waals surface area contributed by atoms with Gasteiger partial charge in [0, 0.05) is 17.0 Å². The molecule has 1 N–H and O–H groups in total. The molecule has 4 rings (SSSR count). The van der Waals surface area contributed by atoms with Gasteiger partial charge in [0.2, 0.25) is 0 Å². The van der Waals surface area contributed by atoms with Crippen molar-refractivity contribution in [1.82, 2.24) is 10.2 Å². The Morgan fingerprint density at radius 1 is 0.900 bits per heavy atom. The number of anilines is 1. The Labute approximate surface area is 174 Å². The molecule has 0 bridgehead atoms. The number of hydrogen-bond acceptors (Lipinski definition) is 5. The lowest BCUT2D eigenvalue weighted by Crippen LogP contribution is -2.16. The molecule has 6 nitrogen and oxygen atoms in total. The zero-order valence-corrected chi connectivity index (χ0v) is 17.0. The standard InChI is InChI=1S/C24H21N3O3/c1-15-9-11-19-18(13-15)22(23(27-26-19)16-7-5-4-6-8-16)24(28)25-20-12-10-17(29-2)14-21(20)30-3/h4-14H,1-3H3,(H,25,28). The molecule has 0 unspecified atom stereocenters. The molecule has 0 aliphatic heterocycles. The topological polar surface area (TPSA) is 73.3 Å². The van der Waals surface area contributed by atoms with Gasteiger partial charge in [-0.3, -0.25) is 4.79 Å². The van der Waals surface area contributed by atoms with E-state index in [1.54, 1.807) is 32.4 Å². The van der Waals surface area contributed by atoms with Crippen LogP contribution >= 0.6 is 0 Å². The number of nitrogens with one attached hydrogen (secondary N) is 1. The number of benzene rings is 3. The molecule has 1 heterocycles. The number of amides is 1. The Balaban J connectivity index is 1.86. The Morgan fingerprint density at radius 2 is 1.70 bits per heavy atom. The van der Waals surface area contributed by atoms with Crippen molar-refractivity contribution in [2.24, 2.45) is 0 Å². The van der Waals surface area contributed by atoms with Crippen molar-refractivity contribution in [2.45, 2.75) is 6.92 Å². The van der Waals surface area contributed by atoms with Gasteiger partial charge in [-0.15, -0.1) is 10.2 Å². The number of hydrogen-bond donors (Lipinski definition) is 1. The summed E-state index contributed by atoms with van der Waals surface area (Å²) in [7, 11) is 3.13. The van der Waals surface area contributed by atoms with Crippen molar-refractivity contribution in [3.05, 3.63) is 77.9 Å². The van der Waals surface area contributed by atoms with Crippen molar-refractivity contribution >= 4 is 22.5 Å². The molecule has 0 radical (unpaired) electrons. The van der Waals surface area contributed by atoms with Gasteiger partial charge >= 0.3 is 0 Å². The van der Waals surface area contributed by atoms with E-state index >= 15 is 0 Å². The Bertz CT molecular complexity index is 1220. The SMILES string of the molecule is COc1ccc(NC(=O)c2c(-c3ccccc3)nnc3ccc(C)cc23)c(OC)c1. The lowest BCUT2D eigenvalue weighted by atomic mass is 10.00. The Morgan fingerprint density at radius 3 is 2.43 bits per heavy atom. The van der Waals surface area contributed by atoms with Crippen LogP contribution in [0.2, 0.25) is 0 Å². The summed E-state index contributed by atoms with van der Waals surface area (Å²) in [5, 5.41) is 12.4. The monoisotopic (exact) mass is 399 g/mol. The maximum absolute atomic E-state index is 13.5. The minimum absolute atomic E-state index is 0.289. The van der Waals surface area contributed by atoms with Crippen LogP contribution in [0, 0.1) is 6.92 Å². The minimum Gasteiger partial charge on any atom is -0.497 e. The zero-order chi connectivity index (χ0) is 21.1. The zero-order valence-electron chi connectivity index (χ0n) is 17.0. The van der Waals surface area contributed by atoms with Crippen LogP contribution in [0.25, 0.3) is 22.2 Å². The normalized spacial score (nSPS) is 10.6.